The van der Waals surface area contributed by atoms with Crippen LogP contribution in [0.15, 0.2) is 12.4 Å². The summed E-state index contributed by atoms with van der Waals surface area (Å²) in [6.45, 7) is 6.79. The van der Waals surface area contributed by atoms with Crippen molar-refractivity contribution in [1.29, 1.82) is 0 Å². The van der Waals surface area contributed by atoms with E-state index in [-0.39, 0.29) is 0 Å². The summed E-state index contributed by atoms with van der Waals surface area (Å²) in [5.41, 5.74) is 0. The molecule has 0 radical (unpaired) electrons. The minimum absolute atomic E-state index is 0.373. The topological polar surface area (TPSA) is 117 Å². The first-order chi connectivity index (χ1) is 16.1. The van der Waals surface area contributed by atoms with Crippen molar-refractivity contribution in [2.45, 2.75) is 37.5 Å². The van der Waals surface area contributed by atoms with Crippen LogP contribution in [0.4, 0.5) is 26.3 Å². The number of halogens is 6. The van der Waals surface area contributed by atoms with Gasteiger partial charge in [-0.2, -0.15) is 26.3 Å². The van der Waals surface area contributed by atoms with Crippen molar-refractivity contribution in [2.24, 2.45) is 7.05 Å². The molecule has 2 aliphatic heterocycles. The van der Waals surface area contributed by atoms with Crippen LogP contribution in [0.25, 0.3) is 0 Å². The number of aryl methyl sites for hydroxylation is 1. The summed E-state index contributed by atoms with van der Waals surface area (Å²) in [7, 11) is 3.78. The maximum Gasteiger partial charge on any atom is 0.490 e. The summed E-state index contributed by atoms with van der Waals surface area (Å²) >= 11 is 0. The van der Waals surface area contributed by atoms with E-state index >= 15 is 0 Å². The highest BCUT2D eigenvalue weighted by Gasteiger charge is 2.39. The van der Waals surface area contributed by atoms with Crippen LogP contribution in [0.5, 0.6) is 0 Å². The van der Waals surface area contributed by atoms with Crippen LogP contribution >= 0.6 is 0 Å². The van der Waals surface area contributed by atoms with Crippen molar-refractivity contribution < 1.29 is 55.6 Å². The lowest BCUT2D eigenvalue weighted by atomic mass is 10.1. The monoisotopic (exact) mass is 522 g/mol. The third kappa shape index (κ3) is 11.2. The smallest absolute Gasteiger partial charge is 0.475 e. The molecule has 0 bridgehead atoms. The lowest BCUT2D eigenvalue weighted by Crippen LogP contribution is -2.49. The van der Waals surface area contributed by atoms with E-state index in [4.69, 9.17) is 29.3 Å². The maximum absolute atomic E-state index is 10.6. The van der Waals surface area contributed by atoms with Gasteiger partial charge in [-0.25, -0.2) is 14.6 Å². The van der Waals surface area contributed by atoms with Gasteiger partial charge in [0, 0.05) is 58.8 Å². The minimum Gasteiger partial charge on any atom is -0.475 e. The van der Waals surface area contributed by atoms with E-state index in [0.29, 0.717) is 25.4 Å². The summed E-state index contributed by atoms with van der Waals surface area (Å²) in [6, 6.07) is 0.631. The molecule has 2 aliphatic rings. The van der Waals surface area contributed by atoms with Crippen LogP contribution in [0.1, 0.15) is 12.2 Å². The number of hydrogen-bond donors (Lipinski definition) is 2. The van der Waals surface area contributed by atoms with Gasteiger partial charge in [-0.15, -0.1) is 0 Å². The fourth-order valence-corrected chi connectivity index (χ4v) is 3.37. The Bertz CT molecular complexity index is 780. The van der Waals surface area contributed by atoms with Crippen LogP contribution < -0.4 is 0 Å². The number of ether oxygens (including phenoxy) is 2. The van der Waals surface area contributed by atoms with Crippen LogP contribution in [-0.2, 0) is 32.7 Å². The molecule has 2 N–H and O–H groups in total. The normalized spacial score (nSPS) is 20.8. The lowest BCUT2D eigenvalue weighted by Gasteiger charge is -2.36. The molecule has 35 heavy (non-hydrogen) atoms. The summed E-state index contributed by atoms with van der Waals surface area (Å²) < 4.78 is 76.5. The van der Waals surface area contributed by atoms with Gasteiger partial charge in [0.2, 0.25) is 0 Å². The Morgan fingerprint density at radius 2 is 1.63 bits per heavy atom. The number of carboxylic acids is 2. The molecule has 3 heterocycles. The van der Waals surface area contributed by atoms with Crippen molar-refractivity contribution in [2.75, 3.05) is 46.5 Å². The number of alkyl halides is 6. The lowest BCUT2D eigenvalue weighted by molar-refractivity contribution is -0.193. The number of aromatic nitrogens is 2. The molecule has 1 aromatic rings. The molecule has 16 heteroatoms. The average molecular weight is 522 g/mol. The van der Waals surface area contributed by atoms with Crippen LogP contribution in [0, 0.1) is 0 Å². The van der Waals surface area contributed by atoms with E-state index in [1.54, 1.807) is 7.11 Å². The third-order valence-corrected chi connectivity index (χ3v) is 5.07. The van der Waals surface area contributed by atoms with E-state index in [1.165, 1.54) is 0 Å². The van der Waals surface area contributed by atoms with Crippen LogP contribution in [-0.4, -0.2) is 113 Å². The predicted molar refractivity (Wildman–Crippen MR) is 107 cm³/mol. The van der Waals surface area contributed by atoms with Gasteiger partial charge in [-0.3, -0.25) is 9.80 Å². The number of nitrogens with zero attached hydrogens (tertiary/aromatic N) is 4. The van der Waals surface area contributed by atoms with E-state index in [9.17, 15) is 26.3 Å². The molecule has 202 valence electrons. The number of carboxylic acid groups (broad SMARTS) is 2. The van der Waals surface area contributed by atoms with Gasteiger partial charge in [0.1, 0.15) is 5.82 Å². The van der Waals surface area contributed by atoms with Gasteiger partial charge in [-0.05, 0) is 6.42 Å². The van der Waals surface area contributed by atoms with E-state index < -0.39 is 24.3 Å². The largest absolute Gasteiger partial charge is 0.490 e. The maximum atomic E-state index is 10.6. The van der Waals surface area contributed by atoms with Gasteiger partial charge < -0.3 is 24.3 Å². The Kier molecular flexibility index (Phi) is 11.9. The number of imidazole rings is 1. The van der Waals surface area contributed by atoms with E-state index in [2.05, 4.69) is 26.4 Å². The quantitative estimate of drug-likeness (QED) is 0.425. The number of piperazine rings is 1. The van der Waals surface area contributed by atoms with Crippen molar-refractivity contribution in [1.82, 2.24) is 19.4 Å². The SMILES string of the molecule is COCCO[C@@H]1C[C@H]2CN(Cc3nccn3C)CCN2C1.O=C(O)C(F)(F)F.O=C(O)C(F)(F)F. The number of methoxy groups -OCH3 is 1. The number of hydrogen-bond acceptors (Lipinski definition) is 7. The van der Waals surface area contributed by atoms with Crippen molar-refractivity contribution in [3.63, 3.8) is 0 Å². The zero-order valence-electron chi connectivity index (χ0n) is 19.1. The average Bonchev–Trinajstić information content (AvgIpc) is 3.33. The van der Waals surface area contributed by atoms with Crippen molar-refractivity contribution in [3.05, 3.63) is 18.2 Å². The van der Waals surface area contributed by atoms with E-state index in [1.807, 2.05) is 12.4 Å². The molecule has 10 nitrogen and oxygen atoms in total. The summed E-state index contributed by atoms with van der Waals surface area (Å²) in [5, 5.41) is 14.2. The highest BCUT2D eigenvalue weighted by Crippen LogP contribution is 2.24. The molecule has 0 aliphatic carbocycles. The fourth-order valence-electron chi connectivity index (χ4n) is 3.37. The molecular formula is C19H28F6N4O6. The highest BCUT2D eigenvalue weighted by molar-refractivity contribution is 5.73. The van der Waals surface area contributed by atoms with Gasteiger partial charge in [0.25, 0.3) is 0 Å². The summed E-state index contributed by atoms with van der Waals surface area (Å²) in [5.74, 6) is -4.37. The molecule has 0 amide bonds. The van der Waals surface area contributed by atoms with Gasteiger partial charge in [0.15, 0.2) is 0 Å². The first-order valence-corrected chi connectivity index (χ1v) is 10.3. The molecule has 0 unspecified atom stereocenters. The predicted octanol–water partition coefficient (Wildman–Crippen LogP) is 1.61. The Labute approximate surface area is 197 Å². The fraction of sp³-hybridized carbons (Fsp3) is 0.737. The molecule has 1 aromatic heterocycles. The zero-order chi connectivity index (χ0) is 26.8. The molecule has 2 atom stereocenters. The molecule has 2 fully saturated rings. The standard InChI is InChI=1S/C15H26N4O2.2C2HF3O2/c1-17-4-3-16-15(17)12-18-5-6-19-11-14(9-13(19)10-18)21-8-7-20-2;2*3-2(4,5)1(6)7/h3-4,13-14H,5-12H2,1-2H3;2*(H,6,7)/t13-,14+;;/m0../s1. The Morgan fingerprint density at radius 3 is 2.09 bits per heavy atom. The van der Waals surface area contributed by atoms with Crippen LogP contribution in [0.2, 0.25) is 0 Å². The van der Waals surface area contributed by atoms with Crippen molar-refractivity contribution in [3.8, 4) is 0 Å². The number of fused-ring (bicyclic) bond motifs is 1. The highest BCUT2D eigenvalue weighted by atomic mass is 19.4. The Morgan fingerprint density at radius 1 is 1.06 bits per heavy atom. The molecule has 0 spiro atoms. The van der Waals surface area contributed by atoms with Crippen LogP contribution in [0.3, 0.4) is 0 Å². The minimum atomic E-state index is -5.08. The number of aliphatic carboxylic acids is 2. The van der Waals surface area contributed by atoms with E-state index in [0.717, 1.165) is 45.0 Å². The van der Waals surface area contributed by atoms with Gasteiger partial charge in [-0.1, -0.05) is 0 Å². The second-order valence-electron chi connectivity index (χ2n) is 7.67. The molecular weight excluding hydrogens is 494 g/mol. The number of carbonyl (C=O) groups is 2. The molecule has 3 rings (SSSR count). The summed E-state index contributed by atoms with van der Waals surface area (Å²) in [6.07, 6.45) is -4.76. The third-order valence-electron chi connectivity index (χ3n) is 5.07. The Balaban J connectivity index is 0.000000362. The van der Waals surface area contributed by atoms with Gasteiger partial charge in [0.05, 0.1) is 25.9 Å². The summed E-state index contributed by atoms with van der Waals surface area (Å²) in [4.78, 5) is 27.3. The molecule has 0 saturated carbocycles. The van der Waals surface area contributed by atoms with Crippen molar-refractivity contribution >= 4 is 11.9 Å². The van der Waals surface area contributed by atoms with Gasteiger partial charge >= 0.3 is 24.3 Å². The molecule has 2 saturated heterocycles. The first kappa shape index (κ1) is 30.6. The second kappa shape index (κ2) is 13.6. The number of rotatable bonds is 6. The zero-order valence-corrected chi connectivity index (χ0v) is 19.1. The second-order valence-corrected chi connectivity index (χ2v) is 7.67. The Hall–Kier alpha value is -2.43. The first-order valence-electron chi connectivity index (χ1n) is 10.3. The molecule has 0 aromatic carbocycles.